The molecule has 1 aromatic carbocycles. The van der Waals surface area contributed by atoms with Crippen LogP contribution in [-0.2, 0) is 17.7 Å². The summed E-state index contributed by atoms with van der Waals surface area (Å²) in [5.74, 6) is -0.605. The van der Waals surface area contributed by atoms with Crippen molar-refractivity contribution in [3.63, 3.8) is 0 Å². The van der Waals surface area contributed by atoms with Gasteiger partial charge >= 0.3 is 6.03 Å². The van der Waals surface area contributed by atoms with Gasteiger partial charge in [0.25, 0.3) is 0 Å². The summed E-state index contributed by atoms with van der Waals surface area (Å²) in [6.07, 6.45) is 2.61. The Balaban J connectivity index is 1.53. The molecule has 2 aliphatic heterocycles. The van der Waals surface area contributed by atoms with E-state index in [9.17, 15) is 9.18 Å². The molecular weight excluding hydrogens is 349 g/mol. The number of carbonyl (C=O) groups is 1. The number of benzene rings is 1. The highest BCUT2D eigenvalue weighted by atomic mass is 19.1. The van der Waals surface area contributed by atoms with E-state index in [1.54, 1.807) is 11.0 Å². The lowest BCUT2D eigenvalue weighted by molar-refractivity contribution is 0.106. The third-order valence-corrected chi connectivity index (χ3v) is 5.18. The fraction of sp³-hybridized carbons (Fsp3) is 0.421. The first kappa shape index (κ1) is 17.5. The maximum absolute atomic E-state index is 13.5. The Morgan fingerprint density at radius 2 is 2.37 bits per heavy atom. The molecule has 27 heavy (non-hydrogen) atoms. The van der Waals surface area contributed by atoms with E-state index < -0.39 is 5.82 Å². The van der Waals surface area contributed by atoms with Crippen LogP contribution in [0.15, 0.2) is 18.2 Å². The maximum Gasteiger partial charge on any atom is 0.322 e. The van der Waals surface area contributed by atoms with E-state index in [0.29, 0.717) is 18.7 Å². The van der Waals surface area contributed by atoms with Gasteiger partial charge in [-0.2, -0.15) is 10.4 Å². The Morgan fingerprint density at radius 3 is 3.11 bits per heavy atom. The summed E-state index contributed by atoms with van der Waals surface area (Å²) in [4.78, 5) is 14.5. The number of hydrogen-bond acceptors (Lipinski definition) is 4. The number of ether oxygens (including phenoxy) is 1. The number of rotatable bonds is 2. The Hall–Kier alpha value is -2.92. The SMILES string of the molecule is CC1Cc2[nH]nc(C3CCCO3)c2CN1C(=O)Nc1ccc(F)c(C#N)c1. The monoisotopic (exact) mass is 369 g/mol. The predicted octanol–water partition coefficient (Wildman–Crippen LogP) is 3.25. The molecule has 1 aromatic heterocycles. The summed E-state index contributed by atoms with van der Waals surface area (Å²) < 4.78 is 19.2. The zero-order valence-corrected chi connectivity index (χ0v) is 15.0. The fourth-order valence-electron chi connectivity index (χ4n) is 3.71. The Morgan fingerprint density at radius 1 is 1.52 bits per heavy atom. The maximum atomic E-state index is 13.5. The minimum Gasteiger partial charge on any atom is -0.372 e. The van der Waals surface area contributed by atoms with Crippen LogP contribution < -0.4 is 5.32 Å². The first-order valence-corrected chi connectivity index (χ1v) is 9.01. The van der Waals surface area contributed by atoms with E-state index in [4.69, 9.17) is 10.00 Å². The fourth-order valence-corrected chi connectivity index (χ4v) is 3.71. The Kier molecular flexibility index (Phi) is 4.54. The van der Waals surface area contributed by atoms with E-state index in [-0.39, 0.29) is 23.7 Å². The van der Waals surface area contributed by atoms with Crippen molar-refractivity contribution in [2.75, 3.05) is 11.9 Å². The van der Waals surface area contributed by atoms with Crippen LogP contribution in [0.1, 0.15) is 48.4 Å². The number of amides is 2. The number of H-pyrrole nitrogens is 1. The van der Waals surface area contributed by atoms with Crippen LogP contribution in [0.25, 0.3) is 0 Å². The summed E-state index contributed by atoms with van der Waals surface area (Å²) in [5, 5.41) is 19.3. The van der Waals surface area contributed by atoms with Crippen LogP contribution in [0.4, 0.5) is 14.9 Å². The van der Waals surface area contributed by atoms with Gasteiger partial charge in [0, 0.05) is 36.0 Å². The highest BCUT2D eigenvalue weighted by molar-refractivity contribution is 5.90. The van der Waals surface area contributed by atoms with E-state index in [2.05, 4.69) is 15.5 Å². The van der Waals surface area contributed by atoms with Crippen molar-refractivity contribution in [3.8, 4) is 6.07 Å². The van der Waals surface area contributed by atoms with E-state index in [0.717, 1.165) is 36.4 Å². The number of nitrogens with zero attached hydrogens (tertiary/aromatic N) is 3. The molecule has 0 aliphatic carbocycles. The van der Waals surface area contributed by atoms with Crippen LogP contribution >= 0.6 is 0 Å². The minimum atomic E-state index is -0.605. The molecule has 140 valence electrons. The summed E-state index contributed by atoms with van der Waals surface area (Å²) in [7, 11) is 0. The molecular formula is C19H20FN5O2. The number of nitrogens with one attached hydrogen (secondary N) is 2. The van der Waals surface area contributed by atoms with Crippen LogP contribution in [-0.4, -0.2) is 33.8 Å². The number of fused-ring (bicyclic) bond motifs is 1. The van der Waals surface area contributed by atoms with Crippen molar-refractivity contribution >= 4 is 11.7 Å². The van der Waals surface area contributed by atoms with Crippen LogP contribution in [0, 0.1) is 17.1 Å². The standard InChI is InChI=1S/C19H20FN5O2/c1-11-7-16-14(18(24-23-16)17-3-2-6-27-17)10-25(11)19(26)22-13-4-5-15(20)12(8-13)9-21/h4-5,8,11,17H,2-3,6-7,10H2,1H3,(H,22,26)(H,23,24). The van der Waals surface area contributed by atoms with Gasteiger partial charge in [0.2, 0.25) is 0 Å². The van der Waals surface area contributed by atoms with Gasteiger partial charge in [-0.05, 0) is 38.0 Å². The summed E-state index contributed by atoms with van der Waals surface area (Å²) >= 11 is 0. The number of hydrogen-bond donors (Lipinski definition) is 2. The molecule has 0 radical (unpaired) electrons. The number of anilines is 1. The van der Waals surface area contributed by atoms with Gasteiger partial charge in [-0.15, -0.1) is 0 Å². The number of carbonyl (C=O) groups excluding carboxylic acids is 1. The first-order chi connectivity index (χ1) is 13.1. The van der Waals surface area contributed by atoms with Crippen molar-refractivity contribution in [1.29, 1.82) is 5.26 Å². The summed E-state index contributed by atoms with van der Waals surface area (Å²) in [6.45, 7) is 3.14. The molecule has 2 atom stereocenters. The topological polar surface area (TPSA) is 94.0 Å². The lowest BCUT2D eigenvalue weighted by Gasteiger charge is -2.33. The molecule has 0 bridgehead atoms. The van der Waals surface area contributed by atoms with Gasteiger partial charge in [-0.3, -0.25) is 5.10 Å². The number of aromatic nitrogens is 2. The second-order valence-electron chi connectivity index (χ2n) is 6.99. The molecule has 2 unspecified atom stereocenters. The molecule has 2 amide bonds. The average Bonchev–Trinajstić information content (AvgIpc) is 3.31. The van der Waals surface area contributed by atoms with Gasteiger partial charge < -0.3 is 15.0 Å². The average molecular weight is 369 g/mol. The molecule has 3 heterocycles. The third kappa shape index (κ3) is 3.26. The molecule has 1 saturated heterocycles. The Labute approximate surface area is 156 Å². The van der Waals surface area contributed by atoms with Crippen LogP contribution in [0.3, 0.4) is 0 Å². The molecule has 2 N–H and O–H groups in total. The second kappa shape index (κ2) is 7.00. The smallest absolute Gasteiger partial charge is 0.322 e. The molecule has 2 aliphatic rings. The van der Waals surface area contributed by atoms with Crippen molar-refractivity contribution in [3.05, 3.63) is 46.5 Å². The van der Waals surface area contributed by atoms with Gasteiger partial charge in [0.05, 0.1) is 17.8 Å². The highest BCUT2D eigenvalue weighted by Gasteiger charge is 2.33. The lowest BCUT2D eigenvalue weighted by atomic mass is 9.97. The van der Waals surface area contributed by atoms with Crippen molar-refractivity contribution in [1.82, 2.24) is 15.1 Å². The van der Waals surface area contributed by atoms with Crippen molar-refractivity contribution < 1.29 is 13.9 Å². The largest absolute Gasteiger partial charge is 0.372 e. The van der Waals surface area contributed by atoms with Gasteiger partial charge in [-0.25, -0.2) is 9.18 Å². The van der Waals surface area contributed by atoms with Crippen LogP contribution in [0.5, 0.6) is 0 Å². The number of aromatic amines is 1. The molecule has 0 spiro atoms. The highest BCUT2D eigenvalue weighted by Crippen LogP contribution is 2.34. The normalized spacial score (nSPS) is 21.6. The predicted molar refractivity (Wildman–Crippen MR) is 95.4 cm³/mol. The molecule has 8 heteroatoms. The zero-order valence-electron chi connectivity index (χ0n) is 15.0. The first-order valence-electron chi connectivity index (χ1n) is 9.01. The van der Waals surface area contributed by atoms with Gasteiger partial charge in [0.1, 0.15) is 18.0 Å². The molecule has 1 fully saturated rings. The van der Waals surface area contributed by atoms with Crippen molar-refractivity contribution in [2.45, 2.75) is 44.9 Å². The minimum absolute atomic E-state index is 0.0152. The number of halogens is 1. The lowest BCUT2D eigenvalue weighted by Crippen LogP contribution is -2.45. The molecule has 4 rings (SSSR count). The second-order valence-corrected chi connectivity index (χ2v) is 6.99. The van der Waals surface area contributed by atoms with Gasteiger partial charge in [0.15, 0.2) is 0 Å². The van der Waals surface area contributed by atoms with E-state index >= 15 is 0 Å². The number of nitriles is 1. The van der Waals surface area contributed by atoms with Crippen LogP contribution in [0.2, 0.25) is 0 Å². The molecule has 0 saturated carbocycles. The molecule has 2 aromatic rings. The van der Waals surface area contributed by atoms with Crippen molar-refractivity contribution in [2.24, 2.45) is 0 Å². The van der Waals surface area contributed by atoms with Gasteiger partial charge in [-0.1, -0.05) is 0 Å². The zero-order chi connectivity index (χ0) is 19.0. The summed E-state index contributed by atoms with van der Waals surface area (Å²) in [5.41, 5.74) is 3.25. The number of urea groups is 1. The Bertz CT molecular complexity index is 913. The quantitative estimate of drug-likeness (QED) is 0.850. The van der Waals surface area contributed by atoms with E-state index in [1.165, 1.54) is 18.2 Å². The summed E-state index contributed by atoms with van der Waals surface area (Å²) in [6, 6.07) is 5.43. The third-order valence-electron chi connectivity index (χ3n) is 5.18. The van der Waals surface area contributed by atoms with E-state index in [1.807, 2.05) is 6.92 Å². The molecule has 7 nitrogen and oxygen atoms in total.